The number of carbonyl (C=O) groups is 1. The monoisotopic (exact) mass is 281 g/mol. The smallest absolute Gasteiger partial charge is 0.273 e. The highest BCUT2D eigenvalue weighted by Crippen LogP contribution is 2.23. The molecule has 0 N–H and O–H groups in total. The summed E-state index contributed by atoms with van der Waals surface area (Å²) in [6, 6.07) is 0.325. The first-order chi connectivity index (χ1) is 9.15. The zero-order valence-corrected chi connectivity index (χ0v) is 12.2. The number of hydrogen-bond donors (Lipinski definition) is 0. The van der Waals surface area contributed by atoms with Crippen molar-refractivity contribution in [2.24, 2.45) is 0 Å². The quantitative estimate of drug-likeness (QED) is 0.770. The summed E-state index contributed by atoms with van der Waals surface area (Å²) in [7, 11) is 2.11. The first-order valence-electron chi connectivity index (χ1n) is 6.68. The maximum Gasteiger partial charge on any atom is 0.273 e. The molecule has 0 radical (unpaired) electrons. The van der Waals surface area contributed by atoms with Crippen LogP contribution in [0.15, 0.2) is 5.38 Å². The number of carbonyl (C=O) groups excluding carboxylic acids is 1. The van der Waals surface area contributed by atoms with Gasteiger partial charge in [0, 0.05) is 25.0 Å². The van der Waals surface area contributed by atoms with Crippen molar-refractivity contribution < 1.29 is 9.53 Å². The van der Waals surface area contributed by atoms with E-state index in [2.05, 4.69) is 16.9 Å². The molecule has 2 atom stereocenters. The van der Waals surface area contributed by atoms with Crippen molar-refractivity contribution >= 4 is 17.2 Å². The Morgan fingerprint density at radius 2 is 2.37 bits per heavy atom. The van der Waals surface area contributed by atoms with E-state index in [0.717, 1.165) is 37.7 Å². The third-order valence-corrected chi connectivity index (χ3v) is 4.76. The van der Waals surface area contributed by atoms with Crippen molar-refractivity contribution in [1.29, 1.82) is 0 Å². The zero-order chi connectivity index (χ0) is 13.4. The van der Waals surface area contributed by atoms with Gasteiger partial charge in [-0.25, -0.2) is 4.98 Å². The van der Waals surface area contributed by atoms with Gasteiger partial charge in [-0.2, -0.15) is 0 Å². The van der Waals surface area contributed by atoms with Crippen LogP contribution in [0.2, 0.25) is 0 Å². The molecule has 1 aromatic rings. The Balaban J connectivity index is 1.71. The average molecular weight is 281 g/mol. The third kappa shape index (κ3) is 2.52. The van der Waals surface area contributed by atoms with Crippen LogP contribution < -0.4 is 0 Å². The van der Waals surface area contributed by atoms with E-state index in [1.165, 1.54) is 11.3 Å². The van der Waals surface area contributed by atoms with Crippen LogP contribution in [0.1, 0.15) is 21.9 Å². The van der Waals surface area contributed by atoms with Crippen LogP contribution in [0.3, 0.4) is 0 Å². The molecule has 3 rings (SSSR count). The van der Waals surface area contributed by atoms with Crippen LogP contribution in [-0.4, -0.2) is 66.1 Å². The topological polar surface area (TPSA) is 45.7 Å². The number of amides is 1. The number of aryl methyl sites for hydroxylation is 1. The van der Waals surface area contributed by atoms with Crippen LogP contribution in [0.25, 0.3) is 0 Å². The van der Waals surface area contributed by atoms with Crippen molar-refractivity contribution in [3.8, 4) is 0 Å². The number of aromatic nitrogens is 1. The molecule has 0 aromatic carbocycles. The molecule has 1 amide bonds. The molecule has 1 aromatic heterocycles. The Morgan fingerprint density at radius 3 is 3.11 bits per heavy atom. The lowest BCUT2D eigenvalue weighted by Crippen LogP contribution is -2.59. The van der Waals surface area contributed by atoms with Crippen LogP contribution >= 0.6 is 11.3 Å². The van der Waals surface area contributed by atoms with E-state index in [4.69, 9.17) is 4.74 Å². The fourth-order valence-corrected chi connectivity index (χ4v) is 3.44. The predicted octanol–water partition coefficient (Wildman–Crippen LogP) is 0.997. The van der Waals surface area contributed by atoms with Gasteiger partial charge in [-0.1, -0.05) is 0 Å². The van der Waals surface area contributed by atoms with Crippen LogP contribution in [0, 0.1) is 6.92 Å². The van der Waals surface area contributed by atoms with E-state index in [0.29, 0.717) is 11.7 Å². The molecule has 0 saturated carbocycles. The number of rotatable bonds is 1. The second-order valence-electron chi connectivity index (χ2n) is 5.25. The standard InChI is InChI=1S/C13H19N3O2S/c1-9-14-10(8-19-9)13(17)16-4-3-12-11(7-16)15(2)5-6-18-12/h8,11-12H,3-7H2,1-2H3/t11-,12-/m1/s1. The second kappa shape index (κ2) is 5.19. The minimum atomic E-state index is 0.0572. The number of likely N-dealkylation sites (N-methyl/N-ethyl adjacent to an activating group) is 1. The number of thiazole rings is 1. The van der Waals surface area contributed by atoms with Crippen molar-refractivity contribution in [2.45, 2.75) is 25.5 Å². The second-order valence-corrected chi connectivity index (χ2v) is 6.31. The Hall–Kier alpha value is -0.980. The minimum Gasteiger partial charge on any atom is -0.375 e. The summed E-state index contributed by atoms with van der Waals surface area (Å²) in [4.78, 5) is 20.9. The van der Waals surface area contributed by atoms with Gasteiger partial charge in [0.1, 0.15) is 5.69 Å². The molecule has 0 spiro atoms. The molecule has 104 valence electrons. The van der Waals surface area contributed by atoms with Crippen LogP contribution in [-0.2, 0) is 4.74 Å². The Kier molecular flexibility index (Phi) is 3.56. The Labute approximate surface area is 117 Å². The van der Waals surface area contributed by atoms with Gasteiger partial charge in [0.15, 0.2) is 0 Å². The summed E-state index contributed by atoms with van der Waals surface area (Å²) in [6.45, 7) is 5.19. The lowest BCUT2D eigenvalue weighted by Gasteiger charge is -2.45. The predicted molar refractivity (Wildman–Crippen MR) is 73.5 cm³/mol. The average Bonchev–Trinajstić information content (AvgIpc) is 2.85. The summed E-state index contributed by atoms with van der Waals surface area (Å²) in [5, 5.41) is 2.79. The van der Waals surface area contributed by atoms with Gasteiger partial charge in [-0.3, -0.25) is 9.69 Å². The number of likely N-dealkylation sites (tertiary alicyclic amines) is 1. The Bertz CT molecular complexity index is 476. The van der Waals surface area contributed by atoms with Crippen molar-refractivity contribution in [3.63, 3.8) is 0 Å². The molecule has 5 nitrogen and oxygen atoms in total. The lowest BCUT2D eigenvalue weighted by atomic mass is 9.99. The molecule has 2 fully saturated rings. The maximum absolute atomic E-state index is 12.4. The molecule has 2 saturated heterocycles. The summed E-state index contributed by atoms with van der Waals surface area (Å²) < 4.78 is 5.80. The highest BCUT2D eigenvalue weighted by molar-refractivity contribution is 7.09. The highest BCUT2D eigenvalue weighted by atomic mass is 32.1. The largest absolute Gasteiger partial charge is 0.375 e. The first-order valence-corrected chi connectivity index (χ1v) is 7.56. The number of nitrogens with zero attached hydrogens (tertiary/aromatic N) is 3. The van der Waals surface area contributed by atoms with Crippen LogP contribution in [0.5, 0.6) is 0 Å². The molecule has 0 unspecified atom stereocenters. The van der Waals surface area contributed by atoms with E-state index in [1.807, 2.05) is 17.2 Å². The molecule has 2 aliphatic rings. The fourth-order valence-electron chi connectivity index (χ4n) is 2.85. The highest BCUT2D eigenvalue weighted by Gasteiger charge is 2.37. The minimum absolute atomic E-state index is 0.0572. The summed E-state index contributed by atoms with van der Waals surface area (Å²) >= 11 is 1.53. The van der Waals surface area contributed by atoms with Crippen molar-refractivity contribution in [1.82, 2.24) is 14.8 Å². The van der Waals surface area contributed by atoms with Gasteiger partial charge in [0.25, 0.3) is 5.91 Å². The first kappa shape index (κ1) is 13.0. The molecule has 2 aliphatic heterocycles. The van der Waals surface area contributed by atoms with Gasteiger partial charge < -0.3 is 9.64 Å². The van der Waals surface area contributed by atoms with Crippen molar-refractivity contribution in [3.05, 3.63) is 16.1 Å². The lowest BCUT2D eigenvalue weighted by molar-refractivity contribution is -0.0894. The summed E-state index contributed by atoms with van der Waals surface area (Å²) in [6.07, 6.45) is 1.20. The molecule has 0 aliphatic carbocycles. The van der Waals surface area contributed by atoms with Gasteiger partial charge in [0.2, 0.25) is 0 Å². The molecular formula is C13H19N3O2S. The normalized spacial score (nSPS) is 28.2. The van der Waals surface area contributed by atoms with E-state index >= 15 is 0 Å². The van der Waals surface area contributed by atoms with Crippen molar-refractivity contribution in [2.75, 3.05) is 33.3 Å². The van der Waals surface area contributed by atoms with E-state index in [-0.39, 0.29) is 12.0 Å². The number of morpholine rings is 1. The molecule has 6 heteroatoms. The van der Waals surface area contributed by atoms with E-state index in [1.54, 1.807) is 0 Å². The zero-order valence-electron chi connectivity index (χ0n) is 11.3. The molecule has 19 heavy (non-hydrogen) atoms. The number of fused-ring (bicyclic) bond motifs is 1. The number of ether oxygens (including phenoxy) is 1. The van der Waals surface area contributed by atoms with Crippen LogP contribution in [0.4, 0.5) is 0 Å². The third-order valence-electron chi connectivity index (χ3n) is 3.99. The molecular weight excluding hydrogens is 262 g/mol. The fraction of sp³-hybridized carbons (Fsp3) is 0.692. The summed E-state index contributed by atoms with van der Waals surface area (Å²) in [5.74, 6) is 0.0572. The van der Waals surface area contributed by atoms with Gasteiger partial charge in [-0.15, -0.1) is 11.3 Å². The number of hydrogen-bond acceptors (Lipinski definition) is 5. The number of piperidine rings is 1. The van der Waals surface area contributed by atoms with E-state index in [9.17, 15) is 4.79 Å². The van der Waals surface area contributed by atoms with E-state index < -0.39 is 0 Å². The SMILES string of the molecule is Cc1nc(C(=O)N2CC[C@H]3OCCN(C)[C@@H]3C2)cs1. The Morgan fingerprint density at radius 1 is 1.53 bits per heavy atom. The molecule has 0 bridgehead atoms. The summed E-state index contributed by atoms with van der Waals surface area (Å²) in [5.41, 5.74) is 0.584. The van der Waals surface area contributed by atoms with Gasteiger partial charge in [0.05, 0.1) is 23.8 Å². The maximum atomic E-state index is 12.4. The molecule has 3 heterocycles. The van der Waals surface area contributed by atoms with Gasteiger partial charge in [-0.05, 0) is 20.4 Å². The van der Waals surface area contributed by atoms with Gasteiger partial charge >= 0.3 is 0 Å².